The molecule has 6 aromatic heterocycles. The number of nitrogens with zero attached hydrogens (tertiary/aromatic N) is 12. The molecule has 81 heavy (non-hydrogen) atoms. The molecule has 16 nitrogen and oxygen atoms in total. The van der Waals surface area contributed by atoms with Crippen LogP contribution >= 0.6 is 0 Å². The summed E-state index contributed by atoms with van der Waals surface area (Å²) in [5, 5.41) is 7.64. The van der Waals surface area contributed by atoms with Crippen LogP contribution in [0.3, 0.4) is 0 Å². The van der Waals surface area contributed by atoms with E-state index < -0.39 is 0 Å². The Balaban J connectivity index is 0.000000132. The number of nitrogens with one attached hydrogen (secondary N) is 4. The Morgan fingerprint density at radius 1 is 0.160 bits per heavy atom. The first-order valence-corrected chi connectivity index (χ1v) is 26.0. The molecule has 0 saturated heterocycles. The summed E-state index contributed by atoms with van der Waals surface area (Å²) >= 11 is 0. The van der Waals surface area contributed by atoms with E-state index in [9.17, 15) is 0 Å². The molecule has 14 aromatic rings. The van der Waals surface area contributed by atoms with Gasteiger partial charge in [-0.05, 0) is 0 Å². The van der Waals surface area contributed by atoms with E-state index >= 15 is 0 Å². The molecule has 8 aromatic carbocycles. The van der Waals surface area contributed by atoms with Crippen LogP contribution in [0, 0.1) is 0 Å². The minimum atomic E-state index is 0. The molecule has 0 atom stereocenters. The van der Waals surface area contributed by atoms with Gasteiger partial charge in [0.05, 0.1) is 0 Å². The summed E-state index contributed by atoms with van der Waals surface area (Å²) in [4.78, 5) is 73.5. The van der Waals surface area contributed by atoms with Crippen molar-refractivity contribution in [1.29, 1.82) is 0 Å². The molecule has 10 heterocycles. The van der Waals surface area contributed by atoms with Gasteiger partial charge in [0.1, 0.15) is 45.2 Å². The maximum Gasteiger partial charge on any atom is 2.00 e. The van der Waals surface area contributed by atoms with Gasteiger partial charge < -0.3 is 19.9 Å². The van der Waals surface area contributed by atoms with E-state index in [4.69, 9.17) is 59.8 Å². The minimum Gasteiger partial charge on any atom is -0.324 e. The quantitative estimate of drug-likeness (QED) is 0.104. The fourth-order valence-corrected chi connectivity index (χ4v) is 11.2. The van der Waals surface area contributed by atoms with Crippen LogP contribution in [-0.2, 0) is 19.5 Å². The second kappa shape index (κ2) is 18.1. The molecule has 378 valence electrons. The van der Waals surface area contributed by atoms with Crippen LogP contribution in [0.2, 0.25) is 0 Å². The normalized spacial score (nSPS) is 11.9. The molecule has 17 heteroatoms. The molecule has 4 N–H and O–H groups in total. The predicted molar refractivity (Wildman–Crippen MR) is 312 cm³/mol. The molecule has 4 aliphatic rings. The topological polar surface area (TPSA) is 218 Å². The zero-order valence-electron chi connectivity index (χ0n) is 42.2. The summed E-state index contributed by atoms with van der Waals surface area (Å²) in [6.07, 6.45) is 0. The predicted octanol–water partition coefficient (Wildman–Crippen LogP) is 13.7. The summed E-state index contributed by atoms with van der Waals surface area (Å²) in [6, 6.07) is 64.5. The largest absolute Gasteiger partial charge is 2.00 e. The molecule has 0 aliphatic carbocycles. The van der Waals surface area contributed by atoms with Crippen LogP contribution in [0.25, 0.3) is 179 Å². The van der Waals surface area contributed by atoms with Gasteiger partial charge in [0.25, 0.3) is 0 Å². The number of benzene rings is 8. The molecule has 0 fully saturated rings. The maximum atomic E-state index is 5.02. The Morgan fingerprint density at radius 3 is 0.420 bits per heavy atom. The Hall–Kier alpha value is -10.9. The zero-order chi connectivity index (χ0) is 52.4. The van der Waals surface area contributed by atoms with Gasteiger partial charge in [-0.3, -0.25) is 0 Å². The minimum absolute atomic E-state index is 0. The summed E-state index contributed by atoms with van der Waals surface area (Å²) < 4.78 is 0. The van der Waals surface area contributed by atoms with Crippen molar-refractivity contribution in [3.63, 3.8) is 0 Å². The first-order valence-electron chi connectivity index (χ1n) is 26.0. The van der Waals surface area contributed by atoms with Crippen molar-refractivity contribution in [1.82, 2.24) is 79.7 Å². The van der Waals surface area contributed by atoms with Crippen molar-refractivity contribution in [3.8, 4) is 91.1 Å². The Kier molecular flexibility index (Phi) is 10.3. The molecule has 18 rings (SSSR count). The van der Waals surface area contributed by atoms with Crippen LogP contribution in [0.5, 0.6) is 0 Å². The fraction of sp³-hybridized carbons (Fsp3) is 0. The summed E-state index contributed by atoms with van der Waals surface area (Å²) in [6.45, 7) is 0. The van der Waals surface area contributed by atoms with Crippen molar-refractivity contribution in [2.45, 2.75) is 0 Å². The van der Waals surface area contributed by atoms with E-state index in [2.05, 4.69) is 19.9 Å². The number of fused-ring (bicyclic) bond motifs is 40. The van der Waals surface area contributed by atoms with Gasteiger partial charge in [-0.15, -0.1) is 0 Å². The standard InChI is InChI=1S/2C32H18N8.Ru/c2*1-2-10-18-17(9-1)25-33-26(18)38-28-21-13-5-6-14-22(21)30(35-28)40-32-24-16-8-7-15-23(24)31(36-32)39-29-20-12-4-3-11-19(20)27(34-29)37-25;/h2*1-16H,(H2,33,34,35,36,37,38,39,40);/q;;+2. The second-order valence-corrected chi connectivity index (χ2v) is 19.6. The van der Waals surface area contributed by atoms with E-state index in [0.717, 1.165) is 87.6 Å². The molecular formula is C64H36N16Ru+2. The van der Waals surface area contributed by atoms with Crippen molar-refractivity contribution < 1.29 is 19.5 Å². The number of rotatable bonds is 0. The SMILES string of the molecule is [Ru+2].c1ccc2c(c1)-c1nc-2nc2[nH]c(nc3nc(nc4[nH]c(n1)c1ccccc41)-c1ccccc1-3)c1ccccc21.c1ccc2c(c1)-c1nc-2nc2[nH]c(nc3nc(nc4[nH]c(n1)c1ccccc41)-c1ccccc1-3)c1ccccc21. The second-order valence-electron chi connectivity index (χ2n) is 19.6. The van der Waals surface area contributed by atoms with Crippen LogP contribution in [-0.4, -0.2) is 79.7 Å². The van der Waals surface area contributed by atoms with Crippen LogP contribution < -0.4 is 0 Å². The monoisotopic (exact) mass is 1130 g/mol. The first kappa shape index (κ1) is 46.2. The van der Waals surface area contributed by atoms with Gasteiger partial charge >= 0.3 is 19.5 Å². The van der Waals surface area contributed by atoms with Gasteiger partial charge in [-0.1, -0.05) is 194 Å². The Morgan fingerprint density at radius 2 is 0.284 bits per heavy atom. The Bertz CT molecular complexity index is 4390. The van der Waals surface area contributed by atoms with Crippen molar-refractivity contribution in [3.05, 3.63) is 194 Å². The van der Waals surface area contributed by atoms with E-state index in [0.29, 0.717) is 91.8 Å². The van der Waals surface area contributed by atoms with Gasteiger partial charge in [0, 0.05) is 87.6 Å². The van der Waals surface area contributed by atoms with Gasteiger partial charge in [0.15, 0.2) is 46.6 Å². The van der Waals surface area contributed by atoms with Crippen LogP contribution in [0.4, 0.5) is 0 Å². The number of aromatic nitrogens is 16. The fourth-order valence-electron chi connectivity index (χ4n) is 11.2. The number of hydrogen-bond donors (Lipinski definition) is 4. The average molecular weight is 1130 g/mol. The van der Waals surface area contributed by atoms with Gasteiger partial charge in [0.2, 0.25) is 0 Å². The third-order valence-electron chi connectivity index (χ3n) is 14.9. The number of H-pyrrole nitrogens is 4. The molecule has 4 aliphatic heterocycles. The smallest absolute Gasteiger partial charge is 0.324 e. The van der Waals surface area contributed by atoms with Crippen molar-refractivity contribution in [2.75, 3.05) is 0 Å². The number of hydrogen-bond acceptors (Lipinski definition) is 12. The van der Waals surface area contributed by atoms with Crippen molar-refractivity contribution >= 4 is 88.3 Å². The van der Waals surface area contributed by atoms with E-state index in [-0.39, 0.29) is 19.5 Å². The third kappa shape index (κ3) is 7.40. The molecular weight excluding hydrogens is 1090 g/mol. The molecule has 0 amide bonds. The third-order valence-corrected chi connectivity index (χ3v) is 14.9. The van der Waals surface area contributed by atoms with Crippen LogP contribution in [0.1, 0.15) is 0 Å². The van der Waals surface area contributed by atoms with Gasteiger partial charge in [-0.2, -0.15) is 0 Å². The number of aromatic amines is 4. The zero-order valence-corrected chi connectivity index (χ0v) is 43.9. The van der Waals surface area contributed by atoms with Crippen molar-refractivity contribution in [2.24, 2.45) is 0 Å². The summed E-state index contributed by atoms with van der Waals surface area (Å²) in [5.74, 6) is 4.78. The van der Waals surface area contributed by atoms with E-state index in [1.165, 1.54) is 0 Å². The average Bonchev–Trinajstić information content (AvgIpc) is 4.53. The summed E-state index contributed by atoms with van der Waals surface area (Å²) in [7, 11) is 0. The Labute approximate surface area is 470 Å². The molecule has 0 radical (unpaired) electrons. The maximum absolute atomic E-state index is 5.02. The van der Waals surface area contributed by atoms with E-state index in [1.807, 2.05) is 194 Å². The van der Waals surface area contributed by atoms with Gasteiger partial charge in [-0.25, -0.2) is 59.8 Å². The molecule has 0 saturated carbocycles. The molecule has 0 unspecified atom stereocenters. The molecule has 0 spiro atoms. The van der Waals surface area contributed by atoms with E-state index in [1.54, 1.807) is 0 Å². The van der Waals surface area contributed by atoms with Crippen LogP contribution in [0.15, 0.2) is 194 Å². The summed E-state index contributed by atoms with van der Waals surface area (Å²) in [5.41, 5.74) is 12.9. The first-order chi connectivity index (χ1) is 39.6. The molecule has 16 bridgehead atoms.